The Kier molecular flexibility index (Phi) is 6.99. The number of methoxy groups -OCH3 is 2. The quantitative estimate of drug-likeness (QED) is 0.392. The van der Waals surface area contributed by atoms with Gasteiger partial charge < -0.3 is 14.2 Å². The maximum Gasteiger partial charge on any atom is 0.319 e. The number of aryl methyl sites for hydroxylation is 1. The first-order valence-corrected chi connectivity index (χ1v) is 10.4. The summed E-state index contributed by atoms with van der Waals surface area (Å²) in [6.45, 7) is 5.96. The molecule has 0 amide bonds. The molecule has 30 heavy (non-hydrogen) atoms. The minimum absolute atomic E-state index is 0.283. The van der Waals surface area contributed by atoms with Crippen LogP contribution in [0.15, 0.2) is 47.6 Å². The van der Waals surface area contributed by atoms with Gasteiger partial charge in [0.2, 0.25) is 0 Å². The van der Waals surface area contributed by atoms with Crippen LogP contribution in [0.2, 0.25) is 0 Å². The highest BCUT2D eigenvalue weighted by Gasteiger charge is 2.23. The summed E-state index contributed by atoms with van der Waals surface area (Å²) in [5.74, 6) is 1.59. The number of rotatable bonds is 8. The predicted octanol–water partition coefficient (Wildman–Crippen LogP) is 4.30. The lowest BCUT2D eigenvalue weighted by molar-refractivity contribution is -0.142. The van der Waals surface area contributed by atoms with E-state index in [0.717, 1.165) is 16.8 Å². The van der Waals surface area contributed by atoms with Crippen LogP contribution in [0.25, 0.3) is 17.1 Å². The standard InChI is InChI=1S/C22H25N3O4S/c1-6-29-21(26)15(3)30-22-24-23-20(25(22)17-10-8-7-9-14(17)2)16-11-12-18(27-4)19(13-16)28-5/h7-13,15H,6H2,1-5H3. The highest BCUT2D eigenvalue weighted by molar-refractivity contribution is 8.00. The normalized spacial score (nSPS) is 11.8. The van der Waals surface area contributed by atoms with Crippen molar-refractivity contribution in [3.05, 3.63) is 48.0 Å². The molecule has 0 N–H and O–H groups in total. The van der Waals surface area contributed by atoms with E-state index in [9.17, 15) is 4.79 Å². The fourth-order valence-corrected chi connectivity index (χ4v) is 3.86. The topological polar surface area (TPSA) is 75.5 Å². The van der Waals surface area contributed by atoms with E-state index < -0.39 is 5.25 Å². The lowest BCUT2D eigenvalue weighted by Gasteiger charge is -2.15. The molecule has 1 heterocycles. The van der Waals surface area contributed by atoms with Crippen LogP contribution in [0.3, 0.4) is 0 Å². The predicted molar refractivity (Wildman–Crippen MR) is 117 cm³/mol. The van der Waals surface area contributed by atoms with Gasteiger partial charge in [-0.1, -0.05) is 30.0 Å². The molecule has 1 unspecified atom stereocenters. The zero-order valence-electron chi connectivity index (χ0n) is 17.7. The van der Waals surface area contributed by atoms with Gasteiger partial charge in [0.1, 0.15) is 5.25 Å². The number of para-hydroxylation sites is 1. The van der Waals surface area contributed by atoms with Crippen molar-refractivity contribution in [2.75, 3.05) is 20.8 Å². The van der Waals surface area contributed by atoms with Crippen molar-refractivity contribution in [1.29, 1.82) is 0 Å². The zero-order valence-corrected chi connectivity index (χ0v) is 18.5. The maximum absolute atomic E-state index is 12.2. The van der Waals surface area contributed by atoms with Crippen molar-refractivity contribution < 1.29 is 19.0 Å². The van der Waals surface area contributed by atoms with Crippen molar-refractivity contribution in [3.63, 3.8) is 0 Å². The molecule has 0 aliphatic carbocycles. The molecule has 1 aromatic heterocycles. The van der Waals surface area contributed by atoms with Gasteiger partial charge in [-0.15, -0.1) is 10.2 Å². The van der Waals surface area contributed by atoms with Crippen LogP contribution in [-0.4, -0.2) is 46.8 Å². The van der Waals surface area contributed by atoms with E-state index in [4.69, 9.17) is 14.2 Å². The van der Waals surface area contributed by atoms with Crippen LogP contribution in [0.4, 0.5) is 0 Å². The van der Waals surface area contributed by atoms with Crippen LogP contribution in [0, 0.1) is 6.92 Å². The molecule has 0 bridgehead atoms. The minimum Gasteiger partial charge on any atom is -0.493 e. The highest BCUT2D eigenvalue weighted by atomic mass is 32.2. The summed E-state index contributed by atoms with van der Waals surface area (Å²) < 4.78 is 17.9. The van der Waals surface area contributed by atoms with Crippen LogP contribution < -0.4 is 9.47 Å². The summed E-state index contributed by atoms with van der Waals surface area (Å²) in [4.78, 5) is 12.2. The van der Waals surface area contributed by atoms with E-state index in [-0.39, 0.29) is 5.97 Å². The minimum atomic E-state index is -0.421. The summed E-state index contributed by atoms with van der Waals surface area (Å²) in [5, 5.41) is 9.01. The number of carbonyl (C=O) groups excluding carboxylic acids is 1. The van der Waals surface area contributed by atoms with Crippen LogP contribution >= 0.6 is 11.8 Å². The summed E-state index contributed by atoms with van der Waals surface area (Å²) in [6, 6.07) is 13.6. The number of benzene rings is 2. The molecule has 0 spiro atoms. The molecule has 3 aromatic rings. The Bertz CT molecular complexity index is 1030. The fourth-order valence-electron chi connectivity index (χ4n) is 3.01. The van der Waals surface area contributed by atoms with Crippen LogP contribution in [-0.2, 0) is 9.53 Å². The van der Waals surface area contributed by atoms with Gasteiger partial charge in [-0.2, -0.15) is 0 Å². The van der Waals surface area contributed by atoms with Gasteiger partial charge in [0, 0.05) is 5.56 Å². The summed E-state index contributed by atoms with van der Waals surface area (Å²) in [6.07, 6.45) is 0. The molecule has 1 atom stereocenters. The molecular weight excluding hydrogens is 402 g/mol. The second kappa shape index (κ2) is 9.67. The Morgan fingerprint density at radius 2 is 1.83 bits per heavy atom. The number of thioether (sulfide) groups is 1. The van der Waals surface area contributed by atoms with E-state index in [1.54, 1.807) is 28.1 Å². The van der Waals surface area contributed by atoms with Crippen LogP contribution in [0.1, 0.15) is 19.4 Å². The number of ether oxygens (including phenoxy) is 3. The Morgan fingerprint density at radius 1 is 1.10 bits per heavy atom. The third-order valence-electron chi connectivity index (χ3n) is 4.53. The summed E-state index contributed by atoms with van der Waals surface area (Å²) in [5.41, 5.74) is 2.81. The number of esters is 1. The zero-order chi connectivity index (χ0) is 21.7. The molecule has 0 aliphatic heterocycles. The van der Waals surface area contributed by atoms with E-state index in [1.807, 2.05) is 54.0 Å². The molecule has 0 saturated heterocycles. The molecule has 7 nitrogen and oxygen atoms in total. The van der Waals surface area contributed by atoms with Gasteiger partial charge in [0.25, 0.3) is 0 Å². The van der Waals surface area contributed by atoms with Crippen molar-refractivity contribution in [2.45, 2.75) is 31.2 Å². The molecule has 0 saturated carbocycles. The first-order chi connectivity index (χ1) is 14.5. The molecule has 0 radical (unpaired) electrons. The number of carbonyl (C=O) groups is 1. The summed E-state index contributed by atoms with van der Waals surface area (Å²) >= 11 is 1.31. The highest BCUT2D eigenvalue weighted by Crippen LogP contribution is 2.35. The Labute approximate surface area is 180 Å². The van der Waals surface area contributed by atoms with Gasteiger partial charge >= 0.3 is 5.97 Å². The molecule has 3 rings (SSSR count). The number of aromatic nitrogens is 3. The fraction of sp³-hybridized carbons (Fsp3) is 0.318. The third-order valence-corrected chi connectivity index (χ3v) is 5.55. The van der Waals surface area contributed by atoms with E-state index in [2.05, 4.69) is 10.2 Å². The first kappa shape index (κ1) is 21.7. The molecule has 0 aliphatic rings. The Morgan fingerprint density at radius 3 is 2.50 bits per heavy atom. The van der Waals surface area contributed by atoms with Gasteiger partial charge in [-0.25, -0.2) is 0 Å². The van der Waals surface area contributed by atoms with Crippen molar-refractivity contribution in [2.24, 2.45) is 0 Å². The SMILES string of the molecule is CCOC(=O)C(C)Sc1nnc(-c2ccc(OC)c(OC)c2)n1-c1ccccc1C. The first-order valence-electron chi connectivity index (χ1n) is 9.57. The number of hydrogen-bond acceptors (Lipinski definition) is 7. The van der Waals surface area contributed by atoms with Gasteiger partial charge in [0.15, 0.2) is 22.5 Å². The van der Waals surface area contributed by atoms with Gasteiger partial charge in [-0.05, 0) is 50.6 Å². The number of hydrogen-bond donors (Lipinski definition) is 0. The monoisotopic (exact) mass is 427 g/mol. The lowest BCUT2D eigenvalue weighted by atomic mass is 10.1. The lowest BCUT2D eigenvalue weighted by Crippen LogP contribution is -2.17. The molecule has 8 heteroatoms. The van der Waals surface area contributed by atoms with Gasteiger partial charge in [0.05, 0.1) is 26.5 Å². The molecule has 2 aromatic carbocycles. The average Bonchev–Trinajstić information content (AvgIpc) is 3.16. The molecule has 158 valence electrons. The molecule has 0 fully saturated rings. The van der Waals surface area contributed by atoms with Crippen LogP contribution in [0.5, 0.6) is 11.5 Å². The maximum atomic E-state index is 12.2. The third kappa shape index (κ3) is 4.43. The second-order valence-electron chi connectivity index (χ2n) is 6.51. The summed E-state index contributed by atoms with van der Waals surface area (Å²) in [7, 11) is 3.19. The Hall–Kier alpha value is -3.00. The van der Waals surface area contributed by atoms with E-state index >= 15 is 0 Å². The smallest absolute Gasteiger partial charge is 0.319 e. The van der Waals surface area contributed by atoms with E-state index in [0.29, 0.717) is 29.1 Å². The Balaban J connectivity index is 2.12. The van der Waals surface area contributed by atoms with E-state index in [1.165, 1.54) is 11.8 Å². The number of nitrogens with zero attached hydrogens (tertiary/aromatic N) is 3. The largest absolute Gasteiger partial charge is 0.493 e. The van der Waals surface area contributed by atoms with Crippen molar-refractivity contribution in [3.8, 4) is 28.6 Å². The second-order valence-corrected chi connectivity index (χ2v) is 7.82. The van der Waals surface area contributed by atoms with Crippen molar-refractivity contribution >= 4 is 17.7 Å². The molecular formula is C22H25N3O4S. The average molecular weight is 428 g/mol. The van der Waals surface area contributed by atoms with Crippen molar-refractivity contribution in [1.82, 2.24) is 14.8 Å². The van der Waals surface area contributed by atoms with Gasteiger partial charge in [-0.3, -0.25) is 9.36 Å².